The molecule has 4 nitrogen and oxygen atoms in total. The second-order valence-electron chi connectivity index (χ2n) is 3.95. The monoisotopic (exact) mass is 207 g/mol. The van der Waals surface area contributed by atoms with Crippen molar-refractivity contribution in [1.29, 1.82) is 0 Å². The Balaban J connectivity index is 2.09. The van der Waals surface area contributed by atoms with E-state index in [4.69, 9.17) is 15.6 Å². The average Bonchev–Trinajstić information content (AvgIpc) is 2.95. The number of rotatable bonds is 4. The maximum Gasteiger partial charge on any atom is 0.339 e. The number of aromatic carboxylic acids is 1. The van der Waals surface area contributed by atoms with Crippen LogP contribution >= 0.6 is 0 Å². The van der Waals surface area contributed by atoms with Gasteiger partial charge in [0.15, 0.2) is 0 Å². The molecule has 0 unspecified atom stereocenters. The maximum absolute atomic E-state index is 10.9. The first kappa shape index (κ1) is 9.98. The van der Waals surface area contributed by atoms with Crippen molar-refractivity contribution >= 4 is 5.97 Å². The third-order valence-electron chi connectivity index (χ3n) is 2.52. The molecule has 2 rings (SSSR count). The Bertz CT molecular complexity index is 385. The summed E-state index contributed by atoms with van der Waals surface area (Å²) in [6.07, 6.45) is 1.89. The van der Waals surface area contributed by atoms with Crippen LogP contribution in [0.1, 0.15) is 23.2 Å². The van der Waals surface area contributed by atoms with Gasteiger partial charge in [-0.2, -0.15) is 0 Å². The normalized spacial score (nSPS) is 17.1. The smallest absolute Gasteiger partial charge is 0.339 e. The van der Waals surface area contributed by atoms with Gasteiger partial charge in [0.05, 0.1) is 5.54 Å². The first-order valence-electron chi connectivity index (χ1n) is 4.85. The van der Waals surface area contributed by atoms with Crippen molar-refractivity contribution < 1.29 is 14.6 Å². The van der Waals surface area contributed by atoms with E-state index in [-0.39, 0.29) is 11.1 Å². The molecule has 0 atom stereocenters. The second-order valence-corrected chi connectivity index (χ2v) is 3.95. The summed E-state index contributed by atoms with van der Waals surface area (Å²) in [7, 11) is 0. The lowest BCUT2D eigenvalue weighted by atomic mass is 10.2. The molecule has 1 fully saturated rings. The number of benzene rings is 1. The van der Waals surface area contributed by atoms with Crippen molar-refractivity contribution in [2.75, 3.05) is 6.61 Å². The van der Waals surface area contributed by atoms with E-state index >= 15 is 0 Å². The topological polar surface area (TPSA) is 72.5 Å². The van der Waals surface area contributed by atoms with Gasteiger partial charge in [-0.15, -0.1) is 0 Å². The van der Waals surface area contributed by atoms with Gasteiger partial charge in [-0.05, 0) is 25.0 Å². The van der Waals surface area contributed by atoms with Crippen molar-refractivity contribution in [3.8, 4) is 5.75 Å². The highest BCUT2D eigenvalue weighted by Crippen LogP contribution is 2.33. The summed E-state index contributed by atoms with van der Waals surface area (Å²) in [4.78, 5) is 10.9. The van der Waals surface area contributed by atoms with Crippen LogP contribution < -0.4 is 10.5 Å². The summed E-state index contributed by atoms with van der Waals surface area (Å²) < 4.78 is 5.42. The van der Waals surface area contributed by atoms with Gasteiger partial charge in [0, 0.05) is 0 Å². The first-order chi connectivity index (χ1) is 7.11. The van der Waals surface area contributed by atoms with E-state index < -0.39 is 5.97 Å². The minimum Gasteiger partial charge on any atom is -0.491 e. The molecule has 0 heterocycles. The van der Waals surface area contributed by atoms with Gasteiger partial charge in [-0.25, -0.2) is 4.79 Å². The van der Waals surface area contributed by atoms with Crippen LogP contribution in [0.15, 0.2) is 24.3 Å². The van der Waals surface area contributed by atoms with E-state index in [0.29, 0.717) is 12.4 Å². The summed E-state index contributed by atoms with van der Waals surface area (Å²) in [6.45, 7) is 0.386. The molecule has 0 saturated heterocycles. The molecule has 1 aliphatic rings. The molecule has 0 aromatic heterocycles. The minimum absolute atomic E-state index is 0.182. The quantitative estimate of drug-likeness (QED) is 0.779. The highest BCUT2D eigenvalue weighted by atomic mass is 16.5. The largest absolute Gasteiger partial charge is 0.491 e. The number of hydrogen-bond acceptors (Lipinski definition) is 3. The lowest BCUT2D eigenvalue weighted by Gasteiger charge is -2.12. The van der Waals surface area contributed by atoms with Crippen LogP contribution in [0.3, 0.4) is 0 Å². The molecule has 0 aliphatic heterocycles. The maximum atomic E-state index is 10.9. The molecule has 0 bridgehead atoms. The molecular formula is C11H13NO3. The average molecular weight is 207 g/mol. The zero-order chi connectivity index (χ0) is 10.9. The number of nitrogens with two attached hydrogens (primary N) is 1. The highest BCUT2D eigenvalue weighted by Gasteiger charge is 2.39. The Kier molecular flexibility index (Phi) is 2.36. The Hall–Kier alpha value is -1.55. The molecule has 4 heteroatoms. The lowest BCUT2D eigenvalue weighted by Crippen LogP contribution is -2.30. The van der Waals surface area contributed by atoms with Crippen LogP contribution in [-0.2, 0) is 0 Å². The Morgan fingerprint density at radius 2 is 2.13 bits per heavy atom. The molecule has 1 aromatic rings. The first-order valence-corrected chi connectivity index (χ1v) is 4.85. The Labute approximate surface area is 87.7 Å². The van der Waals surface area contributed by atoms with E-state index in [9.17, 15) is 4.79 Å². The van der Waals surface area contributed by atoms with Crippen LogP contribution in [0.2, 0.25) is 0 Å². The number of carboxylic acids is 1. The number of para-hydroxylation sites is 1. The molecule has 1 aromatic carbocycles. The van der Waals surface area contributed by atoms with Crippen molar-refractivity contribution in [2.45, 2.75) is 18.4 Å². The van der Waals surface area contributed by atoms with E-state index in [1.54, 1.807) is 18.2 Å². The Morgan fingerprint density at radius 3 is 2.73 bits per heavy atom. The zero-order valence-corrected chi connectivity index (χ0v) is 8.27. The summed E-state index contributed by atoms with van der Waals surface area (Å²) in [5.74, 6) is -0.589. The van der Waals surface area contributed by atoms with Gasteiger partial charge in [-0.3, -0.25) is 0 Å². The van der Waals surface area contributed by atoms with Crippen LogP contribution in [0.4, 0.5) is 0 Å². The van der Waals surface area contributed by atoms with E-state index in [0.717, 1.165) is 12.8 Å². The minimum atomic E-state index is -0.979. The second kappa shape index (κ2) is 3.55. The predicted octanol–water partition coefficient (Wildman–Crippen LogP) is 1.25. The predicted molar refractivity (Wildman–Crippen MR) is 55.0 cm³/mol. The molecule has 0 spiro atoms. The van der Waals surface area contributed by atoms with E-state index in [1.807, 2.05) is 0 Å². The number of hydrogen-bond donors (Lipinski definition) is 2. The van der Waals surface area contributed by atoms with Crippen LogP contribution in [0, 0.1) is 0 Å². The standard InChI is InChI=1S/C11H13NO3/c12-11(5-6-11)7-15-9-4-2-1-3-8(9)10(13)14/h1-4H,5-7,12H2,(H,13,14). The van der Waals surface area contributed by atoms with Gasteiger partial charge < -0.3 is 15.6 Å². The fourth-order valence-corrected chi connectivity index (χ4v) is 1.30. The third kappa shape index (κ3) is 2.27. The number of ether oxygens (including phenoxy) is 1. The molecule has 1 saturated carbocycles. The van der Waals surface area contributed by atoms with Gasteiger partial charge in [0.25, 0.3) is 0 Å². The molecular weight excluding hydrogens is 194 g/mol. The molecule has 0 amide bonds. The summed E-state index contributed by atoms with van der Waals surface area (Å²) in [5.41, 5.74) is 5.80. The van der Waals surface area contributed by atoms with Gasteiger partial charge in [0.2, 0.25) is 0 Å². The molecule has 1 aliphatic carbocycles. The summed E-state index contributed by atoms with van der Waals surface area (Å²) >= 11 is 0. The van der Waals surface area contributed by atoms with Crippen molar-refractivity contribution in [2.24, 2.45) is 5.73 Å². The highest BCUT2D eigenvalue weighted by molar-refractivity contribution is 5.90. The van der Waals surface area contributed by atoms with Crippen molar-refractivity contribution in [3.05, 3.63) is 29.8 Å². The van der Waals surface area contributed by atoms with E-state index in [2.05, 4.69) is 0 Å². The Morgan fingerprint density at radius 1 is 1.47 bits per heavy atom. The molecule has 0 radical (unpaired) electrons. The molecule has 15 heavy (non-hydrogen) atoms. The lowest BCUT2D eigenvalue weighted by molar-refractivity contribution is 0.0691. The summed E-state index contributed by atoms with van der Waals surface area (Å²) in [5, 5.41) is 8.90. The van der Waals surface area contributed by atoms with Crippen LogP contribution in [0.25, 0.3) is 0 Å². The van der Waals surface area contributed by atoms with Crippen LogP contribution in [-0.4, -0.2) is 23.2 Å². The van der Waals surface area contributed by atoms with Gasteiger partial charge in [-0.1, -0.05) is 12.1 Å². The fourth-order valence-electron chi connectivity index (χ4n) is 1.30. The fraction of sp³-hybridized carbons (Fsp3) is 0.364. The zero-order valence-electron chi connectivity index (χ0n) is 8.27. The van der Waals surface area contributed by atoms with Gasteiger partial charge >= 0.3 is 5.97 Å². The number of carbonyl (C=O) groups is 1. The molecule has 3 N–H and O–H groups in total. The van der Waals surface area contributed by atoms with Gasteiger partial charge in [0.1, 0.15) is 17.9 Å². The molecule has 80 valence electrons. The number of carboxylic acid groups (broad SMARTS) is 1. The SMILES string of the molecule is NC1(COc2ccccc2C(=O)O)CC1. The van der Waals surface area contributed by atoms with Crippen molar-refractivity contribution in [3.63, 3.8) is 0 Å². The van der Waals surface area contributed by atoms with Crippen LogP contribution in [0.5, 0.6) is 5.75 Å². The van der Waals surface area contributed by atoms with E-state index in [1.165, 1.54) is 6.07 Å². The third-order valence-corrected chi connectivity index (χ3v) is 2.52. The summed E-state index contributed by atoms with van der Waals surface area (Å²) in [6, 6.07) is 6.59. The van der Waals surface area contributed by atoms with Crippen molar-refractivity contribution in [1.82, 2.24) is 0 Å².